The average Bonchev–Trinajstić information content (AvgIpc) is 2.63. The van der Waals surface area contributed by atoms with Crippen molar-refractivity contribution >= 4 is 5.91 Å². The van der Waals surface area contributed by atoms with Gasteiger partial charge in [-0.3, -0.25) is 14.2 Å². The van der Waals surface area contributed by atoms with Crippen molar-refractivity contribution in [1.82, 2.24) is 14.9 Å². The number of nitrogens with zero attached hydrogens (tertiary/aromatic N) is 2. The van der Waals surface area contributed by atoms with Gasteiger partial charge >= 0.3 is 0 Å². The van der Waals surface area contributed by atoms with Gasteiger partial charge in [-0.25, -0.2) is 4.98 Å². The van der Waals surface area contributed by atoms with Crippen LogP contribution in [-0.4, -0.2) is 15.5 Å². The molecule has 0 aliphatic rings. The molecule has 2 aromatic carbocycles. The SMILES string of the molecule is Cc1ccc(CNC(=O)Cn2cnc(-c3ccc(C)cc3)cc2=O)cc1. The molecule has 1 heterocycles. The molecule has 0 aliphatic carbocycles. The summed E-state index contributed by atoms with van der Waals surface area (Å²) >= 11 is 0. The van der Waals surface area contributed by atoms with E-state index in [1.54, 1.807) is 0 Å². The second-order valence-corrected chi connectivity index (χ2v) is 6.37. The van der Waals surface area contributed by atoms with Crippen LogP contribution in [0.1, 0.15) is 16.7 Å². The van der Waals surface area contributed by atoms with E-state index in [1.807, 2.05) is 62.4 Å². The molecule has 1 aromatic heterocycles. The van der Waals surface area contributed by atoms with Crippen molar-refractivity contribution in [3.8, 4) is 11.3 Å². The van der Waals surface area contributed by atoms with Gasteiger partial charge in [0.1, 0.15) is 6.54 Å². The number of carbonyl (C=O) groups excluding carboxylic acids is 1. The van der Waals surface area contributed by atoms with Gasteiger partial charge in [0.2, 0.25) is 5.91 Å². The van der Waals surface area contributed by atoms with E-state index in [4.69, 9.17) is 0 Å². The van der Waals surface area contributed by atoms with E-state index in [-0.39, 0.29) is 18.0 Å². The summed E-state index contributed by atoms with van der Waals surface area (Å²) in [4.78, 5) is 28.7. The number of hydrogen-bond donors (Lipinski definition) is 1. The smallest absolute Gasteiger partial charge is 0.254 e. The fourth-order valence-electron chi connectivity index (χ4n) is 2.54. The fourth-order valence-corrected chi connectivity index (χ4v) is 2.54. The molecule has 0 fully saturated rings. The predicted molar refractivity (Wildman–Crippen MR) is 102 cm³/mol. The molecular formula is C21H21N3O2. The first kappa shape index (κ1) is 17.6. The van der Waals surface area contributed by atoms with Crippen LogP contribution in [0, 0.1) is 13.8 Å². The van der Waals surface area contributed by atoms with Gasteiger partial charge in [0.05, 0.1) is 12.0 Å². The van der Waals surface area contributed by atoms with Crippen LogP contribution < -0.4 is 10.9 Å². The maximum absolute atomic E-state index is 12.3. The Morgan fingerprint density at radius 1 is 1.00 bits per heavy atom. The van der Waals surface area contributed by atoms with Crippen LogP contribution >= 0.6 is 0 Å². The van der Waals surface area contributed by atoms with E-state index in [0.717, 1.165) is 16.7 Å². The van der Waals surface area contributed by atoms with Gasteiger partial charge in [-0.05, 0) is 19.4 Å². The normalized spacial score (nSPS) is 10.5. The van der Waals surface area contributed by atoms with Crippen LogP contribution in [0.25, 0.3) is 11.3 Å². The number of carbonyl (C=O) groups is 1. The van der Waals surface area contributed by atoms with Crippen molar-refractivity contribution in [1.29, 1.82) is 0 Å². The minimum atomic E-state index is -0.249. The zero-order chi connectivity index (χ0) is 18.5. The lowest BCUT2D eigenvalue weighted by Crippen LogP contribution is -2.31. The number of amides is 1. The summed E-state index contributed by atoms with van der Waals surface area (Å²) in [5.74, 6) is -0.224. The van der Waals surface area contributed by atoms with Crippen molar-refractivity contribution in [2.24, 2.45) is 0 Å². The van der Waals surface area contributed by atoms with Gasteiger partial charge in [0, 0.05) is 18.2 Å². The van der Waals surface area contributed by atoms with Crippen molar-refractivity contribution < 1.29 is 4.79 Å². The summed E-state index contributed by atoms with van der Waals surface area (Å²) in [6, 6.07) is 17.2. The van der Waals surface area contributed by atoms with E-state index in [1.165, 1.54) is 22.5 Å². The summed E-state index contributed by atoms with van der Waals surface area (Å²) in [5, 5.41) is 2.82. The fraction of sp³-hybridized carbons (Fsp3) is 0.190. The van der Waals surface area contributed by atoms with Crippen molar-refractivity contribution in [2.45, 2.75) is 26.9 Å². The van der Waals surface area contributed by atoms with Crippen LogP contribution in [-0.2, 0) is 17.9 Å². The first-order chi connectivity index (χ1) is 12.5. The second kappa shape index (κ2) is 7.78. The van der Waals surface area contributed by atoms with Gasteiger partial charge in [-0.2, -0.15) is 0 Å². The first-order valence-corrected chi connectivity index (χ1v) is 8.47. The van der Waals surface area contributed by atoms with Gasteiger partial charge in [0.25, 0.3) is 5.56 Å². The summed E-state index contributed by atoms with van der Waals surface area (Å²) in [6.45, 7) is 4.40. The molecule has 0 spiro atoms. The highest BCUT2D eigenvalue weighted by Crippen LogP contribution is 2.15. The zero-order valence-corrected chi connectivity index (χ0v) is 14.9. The van der Waals surface area contributed by atoms with Crippen LogP contribution in [0.4, 0.5) is 0 Å². The van der Waals surface area contributed by atoms with Crippen molar-refractivity contribution in [2.75, 3.05) is 0 Å². The molecule has 0 atom stereocenters. The molecule has 3 rings (SSSR count). The molecule has 0 saturated carbocycles. The Balaban J connectivity index is 1.64. The van der Waals surface area contributed by atoms with Crippen LogP contribution in [0.2, 0.25) is 0 Å². The molecule has 0 unspecified atom stereocenters. The highest BCUT2D eigenvalue weighted by molar-refractivity contribution is 5.75. The van der Waals surface area contributed by atoms with Gasteiger partial charge < -0.3 is 5.32 Å². The number of rotatable bonds is 5. The molecule has 0 bridgehead atoms. The molecule has 5 nitrogen and oxygen atoms in total. The Bertz CT molecular complexity index is 958. The molecule has 26 heavy (non-hydrogen) atoms. The Morgan fingerprint density at radius 3 is 2.23 bits per heavy atom. The number of nitrogens with one attached hydrogen (secondary N) is 1. The minimum Gasteiger partial charge on any atom is -0.350 e. The standard InChI is InChI=1S/C21H21N3O2/c1-15-3-7-17(8-4-15)12-22-20(25)13-24-14-23-19(11-21(24)26)18-9-5-16(2)6-10-18/h3-11,14H,12-13H2,1-2H3,(H,22,25). The van der Waals surface area contributed by atoms with Gasteiger partial charge in [-0.1, -0.05) is 59.7 Å². The lowest BCUT2D eigenvalue weighted by molar-refractivity contribution is -0.121. The van der Waals surface area contributed by atoms with Crippen LogP contribution in [0.5, 0.6) is 0 Å². The predicted octanol–water partition coefficient (Wildman–Crippen LogP) is 2.84. The largest absolute Gasteiger partial charge is 0.350 e. The zero-order valence-electron chi connectivity index (χ0n) is 14.9. The third-order valence-corrected chi connectivity index (χ3v) is 4.15. The third kappa shape index (κ3) is 4.45. The highest BCUT2D eigenvalue weighted by atomic mass is 16.2. The Kier molecular flexibility index (Phi) is 5.27. The van der Waals surface area contributed by atoms with E-state index in [2.05, 4.69) is 10.3 Å². The molecular weight excluding hydrogens is 326 g/mol. The molecule has 132 valence electrons. The molecule has 0 radical (unpaired) electrons. The quantitative estimate of drug-likeness (QED) is 0.772. The highest BCUT2D eigenvalue weighted by Gasteiger charge is 2.07. The van der Waals surface area contributed by atoms with E-state index >= 15 is 0 Å². The minimum absolute atomic E-state index is 0.0497. The average molecular weight is 347 g/mol. The van der Waals surface area contributed by atoms with Crippen molar-refractivity contribution in [3.05, 3.63) is 88.0 Å². The first-order valence-electron chi connectivity index (χ1n) is 8.47. The number of benzene rings is 2. The van der Waals surface area contributed by atoms with E-state index in [0.29, 0.717) is 12.2 Å². The molecule has 0 aliphatic heterocycles. The Hall–Kier alpha value is -3.21. The summed E-state index contributed by atoms with van der Waals surface area (Å²) in [5.41, 5.74) is 4.57. The summed E-state index contributed by atoms with van der Waals surface area (Å²) in [7, 11) is 0. The topological polar surface area (TPSA) is 64.0 Å². The second-order valence-electron chi connectivity index (χ2n) is 6.37. The van der Waals surface area contributed by atoms with Gasteiger partial charge in [-0.15, -0.1) is 0 Å². The molecule has 1 amide bonds. The molecule has 0 saturated heterocycles. The lowest BCUT2D eigenvalue weighted by Gasteiger charge is -2.08. The number of hydrogen-bond acceptors (Lipinski definition) is 3. The van der Waals surface area contributed by atoms with E-state index < -0.39 is 0 Å². The van der Waals surface area contributed by atoms with Gasteiger partial charge in [0.15, 0.2) is 0 Å². The van der Waals surface area contributed by atoms with Crippen LogP contribution in [0.3, 0.4) is 0 Å². The Labute approximate surface area is 152 Å². The molecule has 3 aromatic rings. The molecule has 1 N–H and O–H groups in total. The van der Waals surface area contributed by atoms with E-state index in [9.17, 15) is 9.59 Å². The Morgan fingerprint density at radius 2 is 1.62 bits per heavy atom. The maximum Gasteiger partial charge on any atom is 0.254 e. The summed E-state index contributed by atoms with van der Waals surface area (Å²) < 4.78 is 1.31. The lowest BCUT2D eigenvalue weighted by atomic mass is 10.1. The van der Waals surface area contributed by atoms with Crippen molar-refractivity contribution in [3.63, 3.8) is 0 Å². The number of aryl methyl sites for hydroxylation is 2. The molecule has 5 heteroatoms. The third-order valence-electron chi connectivity index (χ3n) is 4.15. The summed E-state index contributed by atoms with van der Waals surface area (Å²) in [6.07, 6.45) is 1.42. The van der Waals surface area contributed by atoms with Crippen LogP contribution in [0.15, 0.2) is 65.7 Å². The number of aromatic nitrogens is 2. The monoisotopic (exact) mass is 347 g/mol. The maximum atomic E-state index is 12.3.